The molecule has 3 nitrogen and oxygen atoms in total. The lowest BCUT2D eigenvalue weighted by molar-refractivity contribution is 0.517. The third kappa shape index (κ3) is 2.90. The second kappa shape index (κ2) is 5.63. The molecule has 2 rings (SSSR count). The number of anilines is 1. The third-order valence-electron chi connectivity index (χ3n) is 3.95. The van der Waals surface area contributed by atoms with Gasteiger partial charge in [0.05, 0.1) is 11.3 Å². The summed E-state index contributed by atoms with van der Waals surface area (Å²) in [6, 6.07) is 8.62. The smallest absolute Gasteiger partial charge is 0.101 e. The molecular weight excluding hydrogens is 234 g/mol. The predicted molar refractivity (Wildman–Crippen MR) is 79.2 cm³/mol. The minimum absolute atomic E-state index is 0.161. The van der Waals surface area contributed by atoms with Crippen LogP contribution in [-0.4, -0.2) is 18.6 Å². The largest absolute Gasteiger partial charge is 0.365 e. The van der Waals surface area contributed by atoms with Gasteiger partial charge >= 0.3 is 0 Å². The molecule has 1 N–H and O–H groups in total. The fraction of sp³-hybridized carbons (Fsp3) is 0.562. The molecule has 0 spiro atoms. The first kappa shape index (κ1) is 13.9. The van der Waals surface area contributed by atoms with Crippen LogP contribution in [0.2, 0.25) is 0 Å². The quantitative estimate of drug-likeness (QED) is 0.901. The molecule has 1 fully saturated rings. The van der Waals surface area contributed by atoms with Crippen LogP contribution in [-0.2, 0) is 6.54 Å². The Balaban J connectivity index is 2.29. The summed E-state index contributed by atoms with van der Waals surface area (Å²) in [6.07, 6.45) is 2.40. The van der Waals surface area contributed by atoms with Gasteiger partial charge in [0.2, 0.25) is 0 Å². The van der Waals surface area contributed by atoms with Gasteiger partial charge in [0.25, 0.3) is 0 Å². The van der Waals surface area contributed by atoms with Gasteiger partial charge in [0, 0.05) is 18.6 Å². The van der Waals surface area contributed by atoms with Gasteiger partial charge in [-0.2, -0.15) is 5.26 Å². The lowest BCUT2D eigenvalue weighted by Crippen LogP contribution is -2.38. The maximum atomic E-state index is 9.40. The Bertz CT molecular complexity index is 485. The minimum atomic E-state index is 0.161. The highest BCUT2D eigenvalue weighted by atomic mass is 15.2. The second-order valence-corrected chi connectivity index (χ2v) is 5.81. The maximum Gasteiger partial charge on any atom is 0.101 e. The molecule has 0 saturated carbocycles. The number of benzene rings is 1. The number of nitrogens with zero attached hydrogens (tertiary/aromatic N) is 2. The molecule has 0 aromatic heterocycles. The topological polar surface area (TPSA) is 39.1 Å². The molecule has 1 aromatic carbocycles. The summed E-state index contributed by atoms with van der Waals surface area (Å²) >= 11 is 0. The van der Waals surface area contributed by atoms with Crippen molar-refractivity contribution in [2.45, 2.75) is 45.7 Å². The van der Waals surface area contributed by atoms with Gasteiger partial charge in [-0.05, 0) is 50.9 Å². The van der Waals surface area contributed by atoms with Gasteiger partial charge in [-0.25, -0.2) is 0 Å². The van der Waals surface area contributed by atoms with Crippen LogP contribution >= 0.6 is 0 Å². The first-order valence-electron chi connectivity index (χ1n) is 7.10. The van der Waals surface area contributed by atoms with Gasteiger partial charge in [0.1, 0.15) is 6.07 Å². The third-order valence-corrected chi connectivity index (χ3v) is 3.95. The molecule has 19 heavy (non-hydrogen) atoms. The van der Waals surface area contributed by atoms with Gasteiger partial charge in [-0.15, -0.1) is 0 Å². The highest BCUT2D eigenvalue weighted by Gasteiger charge is 2.33. The molecule has 0 atom stereocenters. The van der Waals surface area contributed by atoms with E-state index in [1.807, 2.05) is 6.07 Å². The minimum Gasteiger partial charge on any atom is -0.365 e. The number of nitrogens with one attached hydrogen (secondary N) is 1. The van der Waals surface area contributed by atoms with E-state index in [0.29, 0.717) is 0 Å². The van der Waals surface area contributed by atoms with Gasteiger partial charge in [-0.3, -0.25) is 0 Å². The van der Waals surface area contributed by atoms with Crippen LogP contribution in [0.4, 0.5) is 5.69 Å². The second-order valence-electron chi connectivity index (χ2n) is 5.81. The molecule has 102 valence electrons. The summed E-state index contributed by atoms with van der Waals surface area (Å²) < 4.78 is 0. The van der Waals surface area contributed by atoms with Gasteiger partial charge < -0.3 is 10.2 Å². The van der Waals surface area contributed by atoms with Crippen molar-refractivity contribution >= 4 is 5.69 Å². The van der Waals surface area contributed by atoms with E-state index in [4.69, 9.17) is 0 Å². The molecule has 3 heteroatoms. The van der Waals surface area contributed by atoms with E-state index in [-0.39, 0.29) is 5.54 Å². The molecule has 0 bridgehead atoms. The fourth-order valence-corrected chi connectivity index (χ4v) is 2.84. The lowest BCUT2D eigenvalue weighted by Gasteiger charge is -2.34. The van der Waals surface area contributed by atoms with Crippen molar-refractivity contribution < 1.29 is 0 Å². The van der Waals surface area contributed by atoms with Crippen LogP contribution < -0.4 is 10.2 Å². The van der Waals surface area contributed by atoms with E-state index in [1.165, 1.54) is 18.4 Å². The molecule has 1 aliphatic rings. The Kier molecular flexibility index (Phi) is 4.11. The molecular formula is C16H23N3. The molecule has 0 amide bonds. The Labute approximate surface area is 116 Å². The standard InChI is InChI=1S/C16H23N3/c1-4-18-12-13-6-7-15(14(10-13)11-17)19-9-5-8-16(19,2)3/h6-7,10,18H,4-5,8-9,12H2,1-3H3. The van der Waals surface area contributed by atoms with Crippen molar-refractivity contribution in [3.8, 4) is 6.07 Å². The molecule has 0 aliphatic carbocycles. The summed E-state index contributed by atoms with van der Waals surface area (Å²) in [4.78, 5) is 2.38. The van der Waals surface area contributed by atoms with Crippen LogP contribution in [0.1, 0.15) is 44.7 Å². The van der Waals surface area contributed by atoms with E-state index in [9.17, 15) is 5.26 Å². The zero-order valence-corrected chi connectivity index (χ0v) is 12.2. The highest BCUT2D eigenvalue weighted by Crippen LogP contribution is 2.35. The molecule has 1 saturated heterocycles. The average Bonchev–Trinajstić information content (AvgIpc) is 2.75. The van der Waals surface area contributed by atoms with E-state index >= 15 is 0 Å². The molecule has 1 aromatic rings. The molecule has 1 heterocycles. The highest BCUT2D eigenvalue weighted by molar-refractivity contribution is 5.62. The SMILES string of the molecule is CCNCc1ccc(N2CCCC2(C)C)c(C#N)c1. The van der Waals surface area contributed by atoms with Crippen molar-refractivity contribution in [2.24, 2.45) is 0 Å². The van der Waals surface area contributed by atoms with Crippen molar-refractivity contribution in [3.63, 3.8) is 0 Å². The first-order valence-corrected chi connectivity index (χ1v) is 7.10. The lowest BCUT2D eigenvalue weighted by atomic mass is 10.00. The Morgan fingerprint density at radius 3 is 2.79 bits per heavy atom. The summed E-state index contributed by atoms with van der Waals surface area (Å²) in [5.41, 5.74) is 3.23. The van der Waals surface area contributed by atoms with E-state index in [0.717, 1.165) is 30.9 Å². The van der Waals surface area contributed by atoms with Gasteiger partial charge in [0.15, 0.2) is 0 Å². The van der Waals surface area contributed by atoms with Crippen molar-refractivity contribution in [1.82, 2.24) is 5.32 Å². The molecule has 1 aliphatic heterocycles. The zero-order chi connectivity index (χ0) is 13.9. The summed E-state index contributed by atoms with van der Waals surface area (Å²) in [5, 5.41) is 12.7. The van der Waals surface area contributed by atoms with E-state index < -0.39 is 0 Å². The summed E-state index contributed by atoms with van der Waals surface area (Å²) in [5.74, 6) is 0. The van der Waals surface area contributed by atoms with E-state index in [1.54, 1.807) is 0 Å². The summed E-state index contributed by atoms with van der Waals surface area (Å²) in [6.45, 7) is 9.43. The Morgan fingerprint density at radius 1 is 1.42 bits per heavy atom. The number of nitriles is 1. The predicted octanol–water partition coefficient (Wildman–Crippen LogP) is 3.05. The maximum absolute atomic E-state index is 9.40. The zero-order valence-electron chi connectivity index (χ0n) is 12.2. The molecule has 0 radical (unpaired) electrons. The van der Waals surface area contributed by atoms with Crippen LogP contribution in [0.15, 0.2) is 18.2 Å². The van der Waals surface area contributed by atoms with Crippen LogP contribution in [0.5, 0.6) is 0 Å². The normalized spacial score (nSPS) is 17.5. The Hall–Kier alpha value is -1.53. The van der Waals surface area contributed by atoms with Gasteiger partial charge in [-0.1, -0.05) is 13.0 Å². The summed E-state index contributed by atoms with van der Waals surface area (Å²) in [7, 11) is 0. The molecule has 0 unspecified atom stereocenters. The van der Waals surface area contributed by atoms with Crippen LogP contribution in [0.25, 0.3) is 0 Å². The fourth-order valence-electron chi connectivity index (χ4n) is 2.84. The average molecular weight is 257 g/mol. The first-order chi connectivity index (χ1) is 9.08. The monoisotopic (exact) mass is 257 g/mol. The number of rotatable bonds is 4. The van der Waals surface area contributed by atoms with Crippen molar-refractivity contribution in [3.05, 3.63) is 29.3 Å². The van der Waals surface area contributed by atoms with Crippen LogP contribution in [0, 0.1) is 11.3 Å². The number of hydrogen-bond acceptors (Lipinski definition) is 3. The van der Waals surface area contributed by atoms with Crippen molar-refractivity contribution in [2.75, 3.05) is 18.0 Å². The number of hydrogen-bond donors (Lipinski definition) is 1. The van der Waals surface area contributed by atoms with Crippen LogP contribution in [0.3, 0.4) is 0 Å². The van der Waals surface area contributed by atoms with E-state index in [2.05, 4.69) is 49.2 Å². The van der Waals surface area contributed by atoms with Crippen molar-refractivity contribution in [1.29, 1.82) is 5.26 Å². The Morgan fingerprint density at radius 2 is 2.21 bits per heavy atom.